The number of hydrogen-bond acceptors (Lipinski definition) is 8. The van der Waals surface area contributed by atoms with Crippen molar-refractivity contribution >= 4 is 23.6 Å². The first-order valence-corrected chi connectivity index (χ1v) is 10.6. The van der Waals surface area contributed by atoms with Crippen molar-refractivity contribution in [3.63, 3.8) is 0 Å². The van der Waals surface area contributed by atoms with Gasteiger partial charge in [0.05, 0.1) is 0 Å². The Labute approximate surface area is 150 Å². The molecule has 25 heavy (non-hydrogen) atoms. The average Bonchev–Trinajstić information content (AvgIpc) is 2.96. The predicted octanol–water partition coefficient (Wildman–Crippen LogP) is 0.811. The van der Waals surface area contributed by atoms with Crippen molar-refractivity contribution in [2.45, 2.75) is 65.6 Å². The number of hydroxylamine groups is 4. The number of rotatable bonds is 8. The summed E-state index contributed by atoms with van der Waals surface area (Å²) in [5, 5.41) is 1.13. The second kappa shape index (κ2) is 8.02. The Balaban J connectivity index is 2.32. The quantitative estimate of drug-likeness (QED) is 0.439. The van der Waals surface area contributed by atoms with Gasteiger partial charge in [-0.05, 0) is 0 Å². The Bertz CT molecular complexity index is 497. The van der Waals surface area contributed by atoms with Crippen LogP contribution in [0.3, 0.4) is 0 Å². The van der Waals surface area contributed by atoms with Gasteiger partial charge >= 0.3 is 150 Å². The summed E-state index contributed by atoms with van der Waals surface area (Å²) < 4.78 is 22.4. The second-order valence-corrected chi connectivity index (χ2v) is 9.05. The van der Waals surface area contributed by atoms with Gasteiger partial charge in [-0.2, -0.15) is 0 Å². The summed E-state index contributed by atoms with van der Waals surface area (Å²) in [6.07, 6.45) is -0.910. The summed E-state index contributed by atoms with van der Waals surface area (Å²) in [6.45, 7) is 6.71. The summed E-state index contributed by atoms with van der Waals surface area (Å²) in [4.78, 5) is 47.6. The topological polar surface area (TPSA) is 112 Å². The monoisotopic (exact) mass is 394 g/mol. The number of nitrogens with zero attached hydrogens (tertiary/aromatic N) is 2. The fraction of sp³-hybridized carbons (Fsp3) is 0.714. The van der Waals surface area contributed by atoms with Crippen molar-refractivity contribution in [3.05, 3.63) is 0 Å². The third kappa shape index (κ3) is 4.93. The maximum atomic E-state index is 11.9. The molecule has 0 radical (unpaired) electrons. The van der Waals surface area contributed by atoms with Gasteiger partial charge in [-0.25, -0.2) is 0 Å². The standard InChI is InChI=1S/2C4H4NO3.2C3H7O.Ti/c2*6-3-1-2-4(7)5(3)8;2*1-3(2)4;/h2*1-2H2;2*3H,1-2H3;/q4*-1;+4. The molecule has 11 heteroatoms. The molecule has 0 bridgehead atoms. The molecule has 2 saturated heterocycles. The van der Waals surface area contributed by atoms with E-state index in [1.807, 2.05) is 0 Å². The molecule has 0 unspecified atom stereocenters. The zero-order valence-corrected chi connectivity index (χ0v) is 16.2. The van der Waals surface area contributed by atoms with Gasteiger partial charge in [0.1, 0.15) is 0 Å². The van der Waals surface area contributed by atoms with Crippen molar-refractivity contribution < 1.29 is 50.8 Å². The molecule has 10 nitrogen and oxygen atoms in total. The minimum atomic E-state index is -4.89. The summed E-state index contributed by atoms with van der Waals surface area (Å²) in [5.41, 5.74) is 0. The number of amides is 4. The molecule has 0 spiro atoms. The fourth-order valence-corrected chi connectivity index (χ4v) is 5.79. The van der Waals surface area contributed by atoms with Crippen molar-refractivity contribution in [3.8, 4) is 0 Å². The summed E-state index contributed by atoms with van der Waals surface area (Å²) in [6, 6.07) is 0. The molecule has 2 heterocycles. The molecule has 0 atom stereocenters. The van der Waals surface area contributed by atoms with Crippen LogP contribution in [0.15, 0.2) is 0 Å². The van der Waals surface area contributed by atoms with Gasteiger partial charge in [-0.3, -0.25) is 0 Å². The molecule has 2 aliphatic rings. The van der Waals surface area contributed by atoms with Gasteiger partial charge in [-0.15, -0.1) is 0 Å². The van der Waals surface area contributed by atoms with Crippen molar-refractivity contribution in [1.82, 2.24) is 10.1 Å². The Hall–Kier alpha value is -1.17. The van der Waals surface area contributed by atoms with Crippen LogP contribution >= 0.6 is 0 Å². The fourth-order valence-electron chi connectivity index (χ4n) is 2.25. The predicted molar refractivity (Wildman–Crippen MR) is 76.8 cm³/mol. The van der Waals surface area contributed by atoms with Gasteiger partial charge in [0, 0.05) is 0 Å². The van der Waals surface area contributed by atoms with Crippen molar-refractivity contribution in [2.75, 3.05) is 0 Å². The molecule has 0 aliphatic carbocycles. The molecule has 0 N–H and O–H groups in total. The Kier molecular flexibility index (Phi) is 6.47. The van der Waals surface area contributed by atoms with Crippen LogP contribution in [0, 0.1) is 0 Å². The molecule has 140 valence electrons. The first kappa shape index (κ1) is 20.1. The first-order valence-electron chi connectivity index (χ1n) is 8.09. The molecule has 2 aliphatic heterocycles. The molecular formula is C14H22N2O8Ti. The summed E-state index contributed by atoms with van der Waals surface area (Å²) in [7, 11) is 0. The van der Waals surface area contributed by atoms with E-state index in [0.29, 0.717) is 10.1 Å². The summed E-state index contributed by atoms with van der Waals surface area (Å²) in [5.74, 6) is -2.21. The molecule has 2 fully saturated rings. The van der Waals surface area contributed by atoms with E-state index in [1.54, 1.807) is 27.7 Å². The third-order valence-corrected chi connectivity index (χ3v) is 6.82. The number of carbonyl (C=O) groups is 4. The third-order valence-electron chi connectivity index (χ3n) is 3.18. The Morgan fingerprint density at radius 1 is 0.680 bits per heavy atom. The average molecular weight is 394 g/mol. The molecule has 4 amide bonds. The van der Waals surface area contributed by atoms with Gasteiger partial charge in [-0.1, -0.05) is 0 Å². The first-order chi connectivity index (χ1) is 11.6. The van der Waals surface area contributed by atoms with E-state index >= 15 is 0 Å². The number of hydrogen-bond donors (Lipinski definition) is 0. The molecular weight excluding hydrogens is 372 g/mol. The van der Waals surface area contributed by atoms with E-state index < -0.39 is 54.0 Å². The van der Waals surface area contributed by atoms with E-state index in [2.05, 4.69) is 0 Å². The molecule has 0 aromatic carbocycles. The van der Waals surface area contributed by atoms with Gasteiger partial charge in [0.15, 0.2) is 0 Å². The summed E-state index contributed by atoms with van der Waals surface area (Å²) >= 11 is -4.89. The molecule has 2 rings (SSSR count). The van der Waals surface area contributed by atoms with Crippen LogP contribution in [0.1, 0.15) is 53.4 Å². The Morgan fingerprint density at radius 3 is 1.20 bits per heavy atom. The van der Waals surface area contributed by atoms with Crippen molar-refractivity contribution in [2.24, 2.45) is 0 Å². The number of imide groups is 2. The van der Waals surface area contributed by atoms with Crippen molar-refractivity contribution in [1.29, 1.82) is 0 Å². The number of carbonyl (C=O) groups excluding carboxylic acids is 4. The van der Waals surface area contributed by atoms with Gasteiger partial charge < -0.3 is 0 Å². The van der Waals surface area contributed by atoms with E-state index in [4.69, 9.17) is 13.5 Å². The zero-order valence-electron chi connectivity index (χ0n) is 14.6. The minimum absolute atomic E-state index is 0.00207. The van der Waals surface area contributed by atoms with E-state index in [1.165, 1.54) is 0 Å². The van der Waals surface area contributed by atoms with Crippen LogP contribution in [0.5, 0.6) is 0 Å². The van der Waals surface area contributed by atoms with E-state index in [9.17, 15) is 19.2 Å². The maximum absolute atomic E-state index is 11.9. The van der Waals surface area contributed by atoms with Gasteiger partial charge in [0.25, 0.3) is 0 Å². The second-order valence-electron chi connectivity index (χ2n) is 6.18. The van der Waals surface area contributed by atoms with Crippen LogP contribution in [-0.2, 0) is 50.8 Å². The van der Waals surface area contributed by atoms with Crippen LogP contribution in [0.4, 0.5) is 0 Å². The van der Waals surface area contributed by atoms with Crippen LogP contribution in [0.25, 0.3) is 0 Å². The molecule has 0 aromatic rings. The molecule has 0 saturated carbocycles. The van der Waals surface area contributed by atoms with Gasteiger partial charge in [0.2, 0.25) is 0 Å². The normalized spacial score (nSPS) is 19.3. The zero-order chi connectivity index (χ0) is 18.8. The van der Waals surface area contributed by atoms with Crippen LogP contribution in [0.2, 0.25) is 0 Å². The van der Waals surface area contributed by atoms with Crippen LogP contribution in [-0.4, -0.2) is 46.0 Å². The van der Waals surface area contributed by atoms with E-state index in [-0.39, 0.29) is 25.7 Å². The van der Waals surface area contributed by atoms with E-state index in [0.717, 1.165) is 0 Å². The Morgan fingerprint density at radius 2 is 0.960 bits per heavy atom. The molecule has 0 aromatic heterocycles. The SMILES string of the molecule is CC(C)[O][Ti]([O]C(C)C)([O]N1C(=O)CCC1=O)[O]N1C(=O)CCC1=O. The van der Waals surface area contributed by atoms with Crippen LogP contribution < -0.4 is 0 Å².